The quantitative estimate of drug-likeness (QED) is 0.703. The minimum absolute atomic E-state index is 0.282. The maximum absolute atomic E-state index is 5.93. The first-order chi connectivity index (χ1) is 10.2. The van der Waals surface area contributed by atoms with Gasteiger partial charge in [-0.1, -0.05) is 42.5 Å². The second-order valence-electron chi connectivity index (χ2n) is 4.44. The van der Waals surface area contributed by atoms with E-state index in [9.17, 15) is 0 Å². The lowest BCUT2D eigenvalue weighted by atomic mass is 10.1. The molecule has 2 aromatic carbocycles. The molecule has 1 heterocycles. The van der Waals surface area contributed by atoms with Crippen LogP contribution in [0.2, 0.25) is 0 Å². The smallest absolute Gasteiger partial charge is 0.155 e. The third-order valence-electron chi connectivity index (χ3n) is 3.10. The van der Waals surface area contributed by atoms with Gasteiger partial charge in [-0.15, -0.1) is 0 Å². The zero-order valence-corrected chi connectivity index (χ0v) is 13.3. The summed E-state index contributed by atoms with van der Waals surface area (Å²) >= 11 is 8.63. The fourth-order valence-corrected chi connectivity index (χ4v) is 2.82. The summed E-state index contributed by atoms with van der Waals surface area (Å²) in [5.74, 6) is 1.24. The van der Waals surface area contributed by atoms with Crippen LogP contribution in [-0.2, 0) is 0 Å². The number of nitrogens with zero attached hydrogens (tertiary/aromatic N) is 1. The van der Waals surface area contributed by atoms with Gasteiger partial charge >= 0.3 is 0 Å². The van der Waals surface area contributed by atoms with Crippen LogP contribution in [-0.4, -0.2) is 9.97 Å². The minimum Gasteiger partial charge on any atom is -0.454 e. The Balaban J connectivity index is 2.07. The standard InChI is InChI=1S/C16H11BrN2OS/c17-15-11-4-2-1-3-10(11)5-6-13(15)20-14-9-19-8-7-12(14)16(18)21/h1-9H,(H2,18,21). The van der Waals surface area contributed by atoms with Crippen LogP contribution in [0, 0.1) is 0 Å². The predicted octanol–water partition coefficient (Wildman–Crippen LogP) is 4.42. The molecule has 0 saturated carbocycles. The number of halogens is 1. The Hall–Kier alpha value is -1.98. The molecular formula is C16H11BrN2OS. The third kappa shape index (κ3) is 2.75. The molecule has 2 N–H and O–H groups in total. The van der Waals surface area contributed by atoms with Crippen LogP contribution >= 0.6 is 28.1 Å². The summed E-state index contributed by atoms with van der Waals surface area (Å²) in [6.07, 6.45) is 3.24. The van der Waals surface area contributed by atoms with Crippen molar-refractivity contribution in [1.82, 2.24) is 4.98 Å². The molecule has 104 valence electrons. The fraction of sp³-hybridized carbons (Fsp3) is 0. The number of aromatic nitrogens is 1. The summed E-state index contributed by atoms with van der Waals surface area (Å²) in [4.78, 5) is 4.34. The van der Waals surface area contributed by atoms with Gasteiger partial charge in [-0.05, 0) is 38.8 Å². The second-order valence-corrected chi connectivity index (χ2v) is 5.67. The van der Waals surface area contributed by atoms with Gasteiger partial charge in [-0.25, -0.2) is 0 Å². The van der Waals surface area contributed by atoms with Crippen molar-refractivity contribution in [2.24, 2.45) is 5.73 Å². The minimum atomic E-state index is 0.282. The van der Waals surface area contributed by atoms with E-state index in [-0.39, 0.29) is 4.99 Å². The first-order valence-corrected chi connectivity index (χ1v) is 7.46. The van der Waals surface area contributed by atoms with E-state index in [1.807, 2.05) is 36.4 Å². The lowest BCUT2D eigenvalue weighted by Crippen LogP contribution is -2.10. The van der Waals surface area contributed by atoms with E-state index in [4.69, 9.17) is 22.7 Å². The maximum atomic E-state index is 5.93. The lowest BCUT2D eigenvalue weighted by molar-refractivity contribution is 0.477. The van der Waals surface area contributed by atoms with E-state index < -0.39 is 0 Å². The Kier molecular flexibility index (Phi) is 3.86. The van der Waals surface area contributed by atoms with Crippen molar-refractivity contribution >= 4 is 43.9 Å². The Morgan fingerprint density at radius 1 is 1.10 bits per heavy atom. The van der Waals surface area contributed by atoms with Gasteiger partial charge in [0.2, 0.25) is 0 Å². The van der Waals surface area contributed by atoms with Crippen molar-refractivity contribution in [3.05, 3.63) is 64.9 Å². The number of nitrogens with two attached hydrogens (primary N) is 1. The molecule has 0 saturated heterocycles. The number of thiocarbonyl (C=S) groups is 1. The SMILES string of the molecule is NC(=S)c1ccncc1Oc1ccc2ccccc2c1Br. The van der Waals surface area contributed by atoms with Crippen LogP contribution < -0.4 is 10.5 Å². The number of hydrogen-bond acceptors (Lipinski definition) is 3. The average Bonchev–Trinajstić information content (AvgIpc) is 2.51. The first-order valence-electron chi connectivity index (χ1n) is 6.26. The third-order valence-corrected chi connectivity index (χ3v) is 4.14. The van der Waals surface area contributed by atoms with Gasteiger partial charge in [0.25, 0.3) is 0 Å². The zero-order valence-electron chi connectivity index (χ0n) is 10.9. The second kappa shape index (κ2) is 5.79. The van der Waals surface area contributed by atoms with Crippen molar-refractivity contribution < 1.29 is 4.74 Å². The molecule has 0 atom stereocenters. The van der Waals surface area contributed by atoms with Gasteiger partial charge in [-0.3, -0.25) is 4.98 Å². The average molecular weight is 359 g/mol. The van der Waals surface area contributed by atoms with Crippen molar-refractivity contribution in [2.75, 3.05) is 0 Å². The lowest BCUT2D eigenvalue weighted by Gasteiger charge is -2.12. The van der Waals surface area contributed by atoms with Crippen molar-refractivity contribution in [3.63, 3.8) is 0 Å². The summed E-state index contributed by atoms with van der Waals surface area (Å²) < 4.78 is 6.82. The zero-order chi connectivity index (χ0) is 14.8. The van der Waals surface area contributed by atoms with Crippen molar-refractivity contribution in [3.8, 4) is 11.5 Å². The van der Waals surface area contributed by atoms with Gasteiger partial charge < -0.3 is 10.5 Å². The Morgan fingerprint density at radius 2 is 1.90 bits per heavy atom. The molecule has 0 aliphatic carbocycles. The molecule has 3 rings (SSSR count). The van der Waals surface area contributed by atoms with Crippen LogP contribution in [0.4, 0.5) is 0 Å². The van der Waals surface area contributed by atoms with Crippen LogP contribution in [0.1, 0.15) is 5.56 Å². The fourth-order valence-electron chi connectivity index (χ4n) is 2.08. The molecule has 1 aromatic heterocycles. The normalized spacial score (nSPS) is 10.5. The number of hydrogen-bond donors (Lipinski definition) is 1. The summed E-state index contributed by atoms with van der Waals surface area (Å²) in [6.45, 7) is 0. The van der Waals surface area contributed by atoms with Gasteiger partial charge in [0.15, 0.2) is 5.75 Å². The molecular weight excluding hydrogens is 348 g/mol. The number of benzene rings is 2. The molecule has 0 fully saturated rings. The van der Waals surface area contributed by atoms with E-state index in [1.165, 1.54) is 0 Å². The van der Waals surface area contributed by atoms with E-state index in [2.05, 4.69) is 20.9 Å². The van der Waals surface area contributed by atoms with E-state index in [0.717, 1.165) is 15.2 Å². The summed E-state index contributed by atoms with van der Waals surface area (Å²) in [5.41, 5.74) is 6.38. The largest absolute Gasteiger partial charge is 0.454 e. The molecule has 3 nitrogen and oxygen atoms in total. The van der Waals surface area contributed by atoms with Crippen molar-refractivity contribution in [1.29, 1.82) is 0 Å². The Morgan fingerprint density at radius 3 is 2.71 bits per heavy atom. The Labute approximate surface area is 135 Å². The van der Waals surface area contributed by atoms with Gasteiger partial charge in [0.1, 0.15) is 10.7 Å². The van der Waals surface area contributed by atoms with Gasteiger partial charge in [-0.2, -0.15) is 0 Å². The predicted molar refractivity (Wildman–Crippen MR) is 91.8 cm³/mol. The highest BCUT2D eigenvalue weighted by molar-refractivity contribution is 9.10. The van der Waals surface area contributed by atoms with Gasteiger partial charge in [0, 0.05) is 6.20 Å². The molecule has 0 aliphatic heterocycles. The molecule has 0 radical (unpaired) electrons. The summed E-state index contributed by atoms with van der Waals surface area (Å²) in [5, 5.41) is 2.22. The highest BCUT2D eigenvalue weighted by atomic mass is 79.9. The number of pyridine rings is 1. The number of fused-ring (bicyclic) bond motifs is 1. The summed E-state index contributed by atoms with van der Waals surface area (Å²) in [6, 6.07) is 13.7. The molecule has 0 aliphatic rings. The highest BCUT2D eigenvalue weighted by Gasteiger charge is 2.11. The van der Waals surface area contributed by atoms with E-state index in [0.29, 0.717) is 17.1 Å². The van der Waals surface area contributed by atoms with Gasteiger partial charge in [0.05, 0.1) is 16.2 Å². The number of ether oxygens (including phenoxy) is 1. The molecule has 0 amide bonds. The highest BCUT2D eigenvalue weighted by Crippen LogP contribution is 2.36. The molecule has 0 unspecified atom stereocenters. The van der Waals surface area contributed by atoms with E-state index in [1.54, 1.807) is 18.5 Å². The molecule has 21 heavy (non-hydrogen) atoms. The van der Waals surface area contributed by atoms with Crippen molar-refractivity contribution in [2.45, 2.75) is 0 Å². The molecule has 0 spiro atoms. The van der Waals surface area contributed by atoms with E-state index >= 15 is 0 Å². The summed E-state index contributed by atoms with van der Waals surface area (Å²) in [7, 11) is 0. The van der Waals surface area contributed by atoms with Crippen LogP contribution in [0.3, 0.4) is 0 Å². The van der Waals surface area contributed by atoms with Crippen LogP contribution in [0.15, 0.2) is 59.3 Å². The monoisotopic (exact) mass is 358 g/mol. The number of rotatable bonds is 3. The topological polar surface area (TPSA) is 48.1 Å². The molecule has 5 heteroatoms. The maximum Gasteiger partial charge on any atom is 0.155 e. The van der Waals surface area contributed by atoms with Crippen LogP contribution in [0.5, 0.6) is 11.5 Å². The Bertz CT molecular complexity index is 835. The molecule has 0 bridgehead atoms. The first kappa shape index (κ1) is 14.0. The molecule has 3 aromatic rings. The van der Waals surface area contributed by atoms with Crippen LogP contribution in [0.25, 0.3) is 10.8 Å².